The van der Waals surface area contributed by atoms with E-state index in [1.54, 1.807) is 18.3 Å². The molecule has 23 heavy (non-hydrogen) atoms. The van der Waals surface area contributed by atoms with Gasteiger partial charge < -0.3 is 14.7 Å². The van der Waals surface area contributed by atoms with Gasteiger partial charge in [0.1, 0.15) is 0 Å². The van der Waals surface area contributed by atoms with E-state index in [0.717, 1.165) is 38.2 Å². The Morgan fingerprint density at radius 2 is 2.48 bits per heavy atom. The predicted molar refractivity (Wildman–Crippen MR) is 88.3 cm³/mol. The Morgan fingerprint density at radius 3 is 3.17 bits per heavy atom. The van der Waals surface area contributed by atoms with Gasteiger partial charge in [-0.1, -0.05) is 11.2 Å². The van der Waals surface area contributed by atoms with Crippen LogP contribution < -0.4 is 5.32 Å². The molecule has 0 spiro atoms. The minimum atomic E-state index is 0.0138. The number of thiophene rings is 1. The second-order valence-corrected chi connectivity index (χ2v) is 7.05. The van der Waals surface area contributed by atoms with Gasteiger partial charge in [-0.05, 0) is 37.1 Å². The average molecular weight is 334 g/mol. The molecule has 0 aromatic carbocycles. The summed E-state index contributed by atoms with van der Waals surface area (Å²) in [6.07, 6.45) is 2.88. The number of aromatic nitrogens is 2. The highest BCUT2D eigenvalue weighted by molar-refractivity contribution is 7.10. The van der Waals surface area contributed by atoms with E-state index in [2.05, 4.69) is 15.5 Å². The SMILES string of the molecule is Cc1nc(CC2CCCN(C(=O)NC(C)c3cccs3)C2)no1. The highest BCUT2D eigenvalue weighted by Gasteiger charge is 2.26. The van der Waals surface area contributed by atoms with Crippen LogP contribution in [0.15, 0.2) is 22.0 Å². The summed E-state index contributed by atoms with van der Waals surface area (Å²) in [5.74, 6) is 1.72. The average Bonchev–Trinajstić information content (AvgIpc) is 3.19. The molecule has 1 aliphatic heterocycles. The molecule has 6 nitrogen and oxygen atoms in total. The molecule has 3 heterocycles. The van der Waals surface area contributed by atoms with E-state index >= 15 is 0 Å². The Balaban J connectivity index is 1.54. The molecule has 2 aromatic rings. The molecule has 3 rings (SSSR count). The van der Waals surface area contributed by atoms with Crippen molar-refractivity contribution in [2.75, 3.05) is 13.1 Å². The van der Waals surface area contributed by atoms with E-state index in [-0.39, 0.29) is 12.1 Å². The lowest BCUT2D eigenvalue weighted by atomic mass is 9.95. The molecule has 1 N–H and O–H groups in total. The molecular weight excluding hydrogens is 312 g/mol. The molecular formula is C16H22N4O2S. The first-order valence-electron chi connectivity index (χ1n) is 8.00. The lowest BCUT2D eigenvalue weighted by Gasteiger charge is -2.33. The van der Waals surface area contributed by atoms with Crippen LogP contribution in [-0.2, 0) is 6.42 Å². The van der Waals surface area contributed by atoms with E-state index < -0.39 is 0 Å². The molecule has 2 aromatic heterocycles. The van der Waals surface area contributed by atoms with Gasteiger partial charge in [0.15, 0.2) is 5.82 Å². The monoisotopic (exact) mass is 334 g/mol. The largest absolute Gasteiger partial charge is 0.340 e. The Morgan fingerprint density at radius 1 is 1.61 bits per heavy atom. The number of rotatable bonds is 4. The van der Waals surface area contributed by atoms with Crippen LogP contribution in [0.25, 0.3) is 0 Å². The number of amides is 2. The third kappa shape index (κ3) is 4.10. The maximum Gasteiger partial charge on any atom is 0.317 e. The van der Waals surface area contributed by atoms with Crippen LogP contribution in [0.5, 0.6) is 0 Å². The molecule has 2 unspecified atom stereocenters. The Bertz CT molecular complexity index is 640. The van der Waals surface area contributed by atoms with Crippen molar-refractivity contribution in [1.29, 1.82) is 0 Å². The smallest absolute Gasteiger partial charge is 0.317 e. The number of hydrogen-bond donors (Lipinski definition) is 1. The van der Waals surface area contributed by atoms with Crippen molar-refractivity contribution in [3.63, 3.8) is 0 Å². The van der Waals surface area contributed by atoms with Crippen LogP contribution in [0, 0.1) is 12.8 Å². The summed E-state index contributed by atoms with van der Waals surface area (Å²) in [4.78, 5) is 19.8. The van der Waals surface area contributed by atoms with Gasteiger partial charge in [-0.15, -0.1) is 11.3 Å². The van der Waals surface area contributed by atoms with Crippen molar-refractivity contribution in [3.05, 3.63) is 34.1 Å². The minimum Gasteiger partial charge on any atom is -0.340 e. The van der Waals surface area contributed by atoms with Crippen LogP contribution in [0.2, 0.25) is 0 Å². The van der Waals surface area contributed by atoms with Crippen molar-refractivity contribution in [3.8, 4) is 0 Å². The third-order valence-electron chi connectivity index (χ3n) is 4.16. The molecule has 2 atom stereocenters. The fraction of sp³-hybridized carbons (Fsp3) is 0.562. The summed E-state index contributed by atoms with van der Waals surface area (Å²) >= 11 is 1.66. The van der Waals surface area contributed by atoms with Gasteiger partial charge in [0, 0.05) is 31.3 Å². The number of carbonyl (C=O) groups is 1. The van der Waals surface area contributed by atoms with Gasteiger partial charge in [-0.25, -0.2) is 4.79 Å². The highest BCUT2D eigenvalue weighted by Crippen LogP contribution is 2.22. The maximum absolute atomic E-state index is 12.5. The van der Waals surface area contributed by atoms with Gasteiger partial charge in [0.25, 0.3) is 0 Å². The van der Waals surface area contributed by atoms with E-state index in [4.69, 9.17) is 4.52 Å². The zero-order chi connectivity index (χ0) is 16.2. The first kappa shape index (κ1) is 16.0. The number of nitrogens with one attached hydrogen (secondary N) is 1. The van der Waals surface area contributed by atoms with Gasteiger partial charge in [0.2, 0.25) is 5.89 Å². The fourth-order valence-electron chi connectivity index (χ4n) is 2.98. The van der Waals surface area contributed by atoms with Gasteiger partial charge >= 0.3 is 6.03 Å². The minimum absolute atomic E-state index is 0.0138. The third-order valence-corrected chi connectivity index (χ3v) is 5.21. The van der Waals surface area contributed by atoms with Crippen LogP contribution in [-0.4, -0.2) is 34.2 Å². The molecule has 1 fully saturated rings. The molecule has 1 aliphatic rings. The first-order chi connectivity index (χ1) is 11.1. The lowest BCUT2D eigenvalue weighted by Crippen LogP contribution is -2.46. The molecule has 124 valence electrons. The van der Waals surface area contributed by atoms with Crippen LogP contribution >= 0.6 is 11.3 Å². The fourth-order valence-corrected chi connectivity index (χ4v) is 3.72. The summed E-state index contributed by atoms with van der Waals surface area (Å²) in [5, 5.41) is 9.08. The zero-order valence-electron chi connectivity index (χ0n) is 13.5. The molecule has 0 aliphatic carbocycles. The van der Waals surface area contributed by atoms with Crippen molar-refractivity contribution in [2.45, 2.75) is 39.2 Å². The second-order valence-electron chi connectivity index (χ2n) is 6.07. The van der Waals surface area contributed by atoms with Crippen molar-refractivity contribution in [2.24, 2.45) is 5.92 Å². The van der Waals surface area contributed by atoms with Crippen LogP contribution in [0.3, 0.4) is 0 Å². The molecule has 7 heteroatoms. The normalized spacial score (nSPS) is 19.6. The predicted octanol–water partition coefficient (Wildman–Crippen LogP) is 3.16. The van der Waals surface area contributed by atoms with E-state index in [9.17, 15) is 4.79 Å². The Kier molecular flexibility index (Phi) is 4.95. The van der Waals surface area contributed by atoms with E-state index in [1.165, 1.54) is 4.88 Å². The molecule has 2 amide bonds. The number of aryl methyl sites for hydroxylation is 1. The summed E-state index contributed by atoms with van der Waals surface area (Å²) in [6.45, 7) is 5.37. The molecule has 0 radical (unpaired) electrons. The first-order valence-corrected chi connectivity index (χ1v) is 8.88. The van der Waals surface area contributed by atoms with Crippen molar-refractivity contribution >= 4 is 17.4 Å². The quantitative estimate of drug-likeness (QED) is 0.932. The van der Waals surface area contributed by atoms with Crippen LogP contribution in [0.4, 0.5) is 4.79 Å². The van der Waals surface area contributed by atoms with E-state index in [1.807, 2.05) is 29.3 Å². The molecule has 0 bridgehead atoms. The van der Waals surface area contributed by atoms with Crippen molar-refractivity contribution < 1.29 is 9.32 Å². The Labute approximate surface area is 139 Å². The lowest BCUT2D eigenvalue weighted by molar-refractivity contribution is 0.162. The number of nitrogens with zero attached hydrogens (tertiary/aromatic N) is 3. The summed E-state index contributed by atoms with van der Waals surface area (Å²) in [5.41, 5.74) is 0. The molecule has 1 saturated heterocycles. The summed E-state index contributed by atoms with van der Waals surface area (Å²) < 4.78 is 5.02. The van der Waals surface area contributed by atoms with Crippen molar-refractivity contribution in [1.82, 2.24) is 20.4 Å². The molecule has 0 saturated carbocycles. The summed E-state index contributed by atoms with van der Waals surface area (Å²) in [6, 6.07) is 4.11. The van der Waals surface area contributed by atoms with E-state index in [0.29, 0.717) is 11.8 Å². The number of hydrogen-bond acceptors (Lipinski definition) is 5. The van der Waals surface area contributed by atoms with Gasteiger partial charge in [-0.2, -0.15) is 4.98 Å². The summed E-state index contributed by atoms with van der Waals surface area (Å²) in [7, 11) is 0. The van der Waals surface area contributed by atoms with Gasteiger partial charge in [0.05, 0.1) is 6.04 Å². The number of carbonyl (C=O) groups excluding carboxylic acids is 1. The second kappa shape index (κ2) is 7.12. The number of likely N-dealkylation sites (tertiary alicyclic amines) is 1. The number of piperidine rings is 1. The standard InChI is InChI=1S/C16H22N4O2S/c1-11(14-6-4-8-23-14)17-16(21)20-7-3-5-13(10-20)9-15-18-12(2)22-19-15/h4,6,8,11,13H,3,5,7,9-10H2,1-2H3,(H,17,21). The topological polar surface area (TPSA) is 71.3 Å². The maximum atomic E-state index is 12.5. The zero-order valence-corrected chi connectivity index (χ0v) is 14.3. The highest BCUT2D eigenvalue weighted by atomic mass is 32.1. The number of urea groups is 1. The van der Waals surface area contributed by atoms with Crippen LogP contribution in [0.1, 0.15) is 42.4 Å². The Hall–Kier alpha value is -1.89. The van der Waals surface area contributed by atoms with Gasteiger partial charge in [-0.3, -0.25) is 0 Å².